The van der Waals surface area contributed by atoms with Crippen LogP contribution in [0.3, 0.4) is 0 Å². The first kappa shape index (κ1) is 15.8. The average Bonchev–Trinajstić information content (AvgIpc) is 2.44. The molecule has 0 bridgehead atoms. The summed E-state index contributed by atoms with van der Waals surface area (Å²) >= 11 is 0. The monoisotopic (exact) mass is 291 g/mol. The van der Waals surface area contributed by atoms with Gasteiger partial charge in [-0.1, -0.05) is 13.8 Å². The lowest BCUT2D eigenvalue weighted by Gasteiger charge is -2.34. The van der Waals surface area contributed by atoms with Crippen LogP contribution in [0.15, 0.2) is 12.1 Å². The van der Waals surface area contributed by atoms with E-state index in [0.29, 0.717) is 18.0 Å². The maximum absolute atomic E-state index is 12.6. The summed E-state index contributed by atoms with van der Waals surface area (Å²) in [7, 11) is 3.63. The lowest BCUT2D eigenvalue weighted by Crippen LogP contribution is -2.39. The predicted octanol–water partition coefficient (Wildman–Crippen LogP) is 2.09. The van der Waals surface area contributed by atoms with Crippen LogP contribution in [-0.4, -0.2) is 47.6 Å². The fourth-order valence-corrected chi connectivity index (χ4v) is 2.64. The lowest BCUT2D eigenvalue weighted by molar-refractivity contribution is 0.0265. The fourth-order valence-electron chi connectivity index (χ4n) is 2.64. The second-order valence-corrected chi connectivity index (χ2v) is 6.25. The molecule has 1 aromatic rings. The summed E-state index contributed by atoms with van der Waals surface area (Å²) in [4.78, 5) is 18.8. The molecule has 5 nitrogen and oxygen atoms in total. The van der Waals surface area contributed by atoms with Crippen molar-refractivity contribution in [2.75, 3.05) is 26.0 Å². The molecule has 2 rings (SSSR count). The number of pyridine rings is 1. The Bertz CT molecular complexity index is 510. The third-order valence-electron chi connectivity index (χ3n) is 4.03. The molecule has 116 valence electrons. The number of hydrogen-bond donors (Lipinski definition) is 2. The maximum atomic E-state index is 12.6. The molecule has 21 heavy (non-hydrogen) atoms. The van der Waals surface area contributed by atoms with Gasteiger partial charge in [-0.2, -0.15) is 0 Å². The van der Waals surface area contributed by atoms with E-state index in [1.807, 2.05) is 13.1 Å². The maximum Gasteiger partial charge on any atom is 0.253 e. The van der Waals surface area contributed by atoms with E-state index in [9.17, 15) is 9.90 Å². The van der Waals surface area contributed by atoms with Gasteiger partial charge < -0.3 is 15.3 Å². The molecule has 1 heterocycles. The molecule has 1 aliphatic carbocycles. The molecular formula is C16H25N3O2. The van der Waals surface area contributed by atoms with Crippen molar-refractivity contribution in [1.82, 2.24) is 9.88 Å². The van der Waals surface area contributed by atoms with Gasteiger partial charge in [-0.25, -0.2) is 4.98 Å². The number of aliphatic hydroxyl groups is 1. The van der Waals surface area contributed by atoms with Crippen LogP contribution < -0.4 is 5.32 Å². The van der Waals surface area contributed by atoms with Crippen molar-refractivity contribution >= 4 is 11.7 Å². The molecule has 0 saturated heterocycles. The largest absolute Gasteiger partial charge is 0.393 e. The molecule has 5 heteroatoms. The molecule has 0 aliphatic heterocycles. The van der Waals surface area contributed by atoms with Crippen molar-refractivity contribution in [3.05, 3.63) is 23.4 Å². The highest BCUT2D eigenvalue weighted by atomic mass is 16.3. The van der Waals surface area contributed by atoms with E-state index >= 15 is 0 Å². The summed E-state index contributed by atoms with van der Waals surface area (Å²) in [6, 6.07) is 3.67. The van der Waals surface area contributed by atoms with Crippen molar-refractivity contribution in [3.8, 4) is 0 Å². The fraction of sp³-hybridized carbons (Fsp3) is 0.625. The Morgan fingerprint density at radius 2 is 2.14 bits per heavy atom. The van der Waals surface area contributed by atoms with Gasteiger partial charge in [0.05, 0.1) is 6.10 Å². The number of rotatable bonds is 5. The standard InChI is InChI=1S/C16H25N3O2/c1-10(2)14-7-12(8-15(17-3)18-14)16(21)19(4)9-11-5-13(20)6-11/h7-8,10-11,13,20H,5-6,9H2,1-4H3,(H,17,18). The first-order valence-corrected chi connectivity index (χ1v) is 7.54. The molecule has 0 spiro atoms. The van der Waals surface area contributed by atoms with Crippen LogP contribution in [0.4, 0.5) is 5.82 Å². The Morgan fingerprint density at radius 3 is 2.67 bits per heavy atom. The van der Waals surface area contributed by atoms with Crippen molar-refractivity contribution in [1.29, 1.82) is 0 Å². The number of amides is 1. The SMILES string of the molecule is CNc1cc(C(=O)N(C)CC2CC(O)C2)cc(C(C)C)n1. The van der Waals surface area contributed by atoms with Crippen molar-refractivity contribution in [3.63, 3.8) is 0 Å². The molecule has 0 atom stereocenters. The van der Waals surface area contributed by atoms with Gasteiger partial charge in [-0.3, -0.25) is 4.79 Å². The quantitative estimate of drug-likeness (QED) is 0.872. The number of aliphatic hydroxyl groups excluding tert-OH is 1. The van der Waals surface area contributed by atoms with Crippen LogP contribution >= 0.6 is 0 Å². The topological polar surface area (TPSA) is 65.5 Å². The average molecular weight is 291 g/mol. The minimum atomic E-state index is -0.178. The molecule has 1 fully saturated rings. The molecule has 1 aliphatic rings. The Labute approximate surface area is 126 Å². The number of carbonyl (C=O) groups excluding carboxylic acids is 1. The highest BCUT2D eigenvalue weighted by molar-refractivity contribution is 5.94. The van der Waals surface area contributed by atoms with Crippen LogP contribution in [0.1, 0.15) is 48.7 Å². The number of aromatic nitrogens is 1. The van der Waals surface area contributed by atoms with Gasteiger partial charge in [-0.15, -0.1) is 0 Å². The van der Waals surface area contributed by atoms with Gasteiger partial charge >= 0.3 is 0 Å². The Hall–Kier alpha value is -1.62. The predicted molar refractivity (Wildman–Crippen MR) is 83.6 cm³/mol. The van der Waals surface area contributed by atoms with E-state index in [-0.39, 0.29) is 17.9 Å². The van der Waals surface area contributed by atoms with E-state index in [1.165, 1.54) is 0 Å². The second-order valence-electron chi connectivity index (χ2n) is 6.25. The third-order valence-corrected chi connectivity index (χ3v) is 4.03. The molecular weight excluding hydrogens is 266 g/mol. The van der Waals surface area contributed by atoms with Crippen molar-refractivity contribution in [2.45, 2.75) is 38.7 Å². The Balaban J connectivity index is 2.11. The highest BCUT2D eigenvalue weighted by Gasteiger charge is 2.29. The molecule has 0 aromatic carbocycles. The molecule has 2 N–H and O–H groups in total. The van der Waals surface area contributed by atoms with Gasteiger partial charge in [0.25, 0.3) is 5.91 Å². The molecule has 0 unspecified atom stereocenters. The lowest BCUT2D eigenvalue weighted by atomic mass is 9.82. The van der Waals surface area contributed by atoms with Gasteiger partial charge in [0.1, 0.15) is 5.82 Å². The number of hydrogen-bond acceptors (Lipinski definition) is 4. The first-order valence-electron chi connectivity index (χ1n) is 7.54. The van der Waals surface area contributed by atoms with Crippen molar-refractivity contribution < 1.29 is 9.90 Å². The molecule has 1 aromatic heterocycles. The zero-order valence-electron chi connectivity index (χ0n) is 13.3. The van der Waals surface area contributed by atoms with E-state index in [1.54, 1.807) is 18.0 Å². The number of carbonyl (C=O) groups is 1. The van der Waals surface area contributed by atoms with Crippen LogP contribution in [0.25, 0.3) is 0 Å². The smallest absolute Gasteiger partial charge is 0.253 e. The van der Waals surface area contributed by atoms with E-state index in [4.69, 9.17) is 0 Å². The second kappa shape index (κ2) is 6.43. The number of nitrogens with zero attached hydrogens (tertiary/aromatic N) is 2. The number of nitrogens with one attached hydrogen (secondary N) is 1. The summed E-state index contributed by atoms with van der Waals surface area (Å²) in [5.41, 5.74) is 1.58. The van der Waals surface area contributed by atoms with Gasteiger partial charge in [0.15, 0.2) is 0 Å². The van der Waals surface area contributed by atoms with Gasteiger partial charge in [-0.05, 0) is 36.8 Å². The summed E-state index contributed by atoms with van der Waals surface area (Å²) in [6.07, 6.45) is 1.42. The summed E-state index contributed by atoms with van der Waals surface area (Å²) in [5, 5.41) is 12.3. The van der Waals surface area contributed by atoms with E-state index in [2.05, 4.69) is 24.1 Å². The van der Waals surface area contributed by atoms with Crippen LogP contribution in [-0.2, 0) is 0 Å². The van der Waals surface area contributed by atoms with Crippen molar-refractivity contribution in [2.24, 2.45) is 5.92 Å². The highest BCUT2D eigenvalue weighted by Crippen LogP contribution is 2.28. The molecule has 0 radical (unpaired) electrons. The summed E-state index contributed by atoms with van der Waals surface area (Å²) < 4.78 is 0. The van der Waals surface area contributed by atoms with Gasteiger partial charge in [0.2, 0.25) is 0 Å². The normalized spacial score (nSPS) is 21.0. The van der Waals surface area contributed by atoms with Crippen LogP contribution in [0.5, 0.6) is 0 Å². The van der Waals surface area contributed by atoms with Crippen LogP contribution in [0.2, 0.25) is 0 Å². The molecule has 1 saturated carbocycles. The minimum absolute atomic E-state index is 0.0113. The Kier molecular flexibility index (Phi) is 4.83. The zero-order valence-corrected chi connectivity index (χ0v) is 13.3. The van der Waals surface area contributed by atoms with Gasteiger partial charge in [0, 0.05) is 31.9 Å². The van der Waals surface area contributed by atoms with E-state index < -0.39 is 0 Å². The summed E-state index contributed by atoms with van der Waals surface area (Å²) in [5.74, 6) is 1.43. The Morgan fingerprint density at radius 1 is 1.48 bits per heavy atom. The van der Waals surface area contributed by atoms with E-state index in [0.717, 1.165) is 24.4 Å². The molecule has 1 amide bonds. The third kappa shape index (κ3) is 3.73. The zero-order chi connectivity index (χ0) is 15.6. The van der Waals surface area contributed by atoms with Crippen LogP contribution in [0, 0.1) is 5.92 Å². The first-order chi connectivity index (χ1) is 9.90. The summed E-state index contributed by atoms with van der Waals surface area (Å²) in [6.45, 7) is 4.83. The minimum Gasteiger partial charge on any atom is -0.393 e. The number of anilines is 1.